The van der Waals surface area contributed by atoms with Crippen molar-refractivity contribution >= 4 is 11.8 Å². The van der Waals surface area contributed by atoms with Gasteiger partial charge in [-0.25, -0.2) is 0 Å². The van der Waals surface area contributed by atoms with E-state index in [2.05, 4.69) is 5.32 Å². The molecule has 5 nitrogen and oxygen atoms in total. The smallest absolute Gasteiger partial charge is 0.233 e. The number of likely N-dealkylation sites (tertiary alicyclic amines) is 1. The molecule has 3 rings (SSSR count). The molecular formula is C13H20N2O3. The minimum Gasteiger partial charge on any atom is -0.381 e. The lowest BCUT2D eigenvalue weighted by molar-refractivity contribution is -0.141. The maximum absolute atomic E-state index is 12.0. The molecule has 18 heavy (non-hydrogen) atoms. The molecule has 100 valence electrons. The van der Waals surface area contributed by atoms with Crippen molar-refractivity contribution in [2.45, 2.75) is 25.8 Å². The Morgan fingerprint density at radius 1 is 1.39 bits per heavy atom. The number of fused-ring (bicyclic) bond motifs is 1. The summed E-state index contributed by atoms with van der Waals surface area (Å²) in [5.41, 5.74) is 0. The van der Waals surface area contributed by atoms with E-state index in [0.29, 0.717) is 12.5 Å². The predicted molar refractivity (Wildman–Crippen MR) is 64.7 cm³/mol. The van der Waals surface area contributed by atoms with Gasteiger partial charge < -0.3 is 10.1 Å². The molecule has 5 heteroatoms. The van der Waals surface area contributed by atoms with Gasteiger partial charge in [0.15, 0.2) is 0 Å². The van der Waals surface area contributed by atoms with Crippen LogP contribution in [0.3, 0.4) is 0 Å². The molecule has 0 aromatic carbocycles. The Balaban J connectivity index is 1.65. The van der Waals surface area contributed by atoms with Crippen LogP contribution in [0, 0.1) is 17.8 Å². The number of nitrogens with zero attached hydrogens (tertiary/aromatic N) is 1. The van der Waals surface area contributed by atoms with Crippen LogP contribution in [0.5, 0.6) is 0 Å². The number of amides is 2. The fraction of sp³-hybridized carbons (Fsp3) is 0.846. The number of hydrogen-bond acceptors (Lipinski definition) is 4. The average molecular weight is 252 g/mol. The number of ether oxygens (including phenoxy) is 1. The summed E-state index contributed by atoms with van der Waals surface area (Å²) in [7, 11) is 0. The SMILES string of the molecule is CCNC(CN1C(=O)C2CC2C1=O)C1CCOC1. The third-order valence-corrected chi connectivity index (χ3v) is 4.34. The summed E-state index contributed by atoms with van der Waals surface area (Å²) in [6.07, 6.45) is 1.80. The van der Waals surface area contributed by atoms with Gasteiger partial charge in [0.25, 0.3) is 0 Å². The molecule has 2 heterocycles. The zero-order valence-electron chi connectivity index (χ0n) is 10.7. The third-order valence-electron chi connectivity index (χ3n) is 4.34. The molecule has 3 fully saturated rings. The van der Waals surface area contributed by atoms with E-state index in [0.717, 1.165) is 32.6 Å². The van der Waals surface area contributed by atoms with Crippen LogP contribution in [0.15, 0.2) is 0 Å². The number of likely N-dealkylation sites (N-methyl/N-ethyl adjacent to an activating group) is 1. The van der Waals surface area contributed by atoms with Gasteiger partial charge in [-0.1, -0.05) is 6.92 Å². The van der Waals surface area contributed by atoms with Crippen LogP contribution in [0.4, 0.5) is 0 Å². The molecule has 0 aromatic heterocycles. The molecule has 3 aliphatic rings. The summed E-state index contributed by atoms with van der Waals surface area (Å²) in [6.45, 7) is 4.95. The summed E-state index contributed by atoms with van der Waals surface area (Å²) in [4.78, 5) is 25.4. The Morgan fingerprint density at radius 2 is 2.11 bits per heavy atom. The van der Waals surface area contributed by atoms with Crippen LogP contribution in [0.2, 0.25) is 0 Å². The molecule has 2 saturated heterocycles. The predicted octanol–water partition coefficient (Wildman–Crippen LogP) is 0.00590. The van der Waals surface area contributed by atoms with Gasteiger partial charge in [-0.3, -0.25) is 14.5 Å². The standard InChI is InChI=1S/C13H20N2O3/c1-2-14-11(8-3-4-18-7-8)6-15-12(16)9-5-10(9)13(15)17/h8-11,14H,2-7H2,1H3. The summed E-state index contributed by atoms with van der Waals surface area (Å²) in [6, 6.07) is 0.183. The van der Waals surface area contributed by atoms with Crippen molar-refractivity contribution in [3.05, 3.63) is 0 Å². The van der Waals surface area contributed by atoms with Crippen molar-refractivity contribution in [3.8, 4) is 0 Å². The Hall–Kier alpha value is -0.940. The number of carbonyl (C=O) groups is 2. The number of imide groups is 1. The van der Waals surface area contributed by atoms with Crippen molar-refractivity contribution in [2.24, 2.45) is 17.8 Å². The van der Waals surface area contributed by atoms with Crippen LogP contribution in [-0.4, -0.2) is 49.1 Å². The lowest BCUT2D eigenvalue weighted by Crippen LogP contribution is -2.48. The molecule has 4 atom stereocenters. The highest BCUT2D eigenvalue weighted by atomic mass is 16.5. The van der Waals surface area contributed by atoms with Gasteiger partial charge in [0, 0.05) is 25.1 Å². The second kappa shape index (κ2) is 4.63. The van der Waals surface area contributed by atoms with E-state index in [4.69, 9.17) is 4.74 Å². The zero-order chi connectivity index (χ0) is 12.7. The topological polar surface area (TPSA) is 58.6 Å². The monoisotopic (exact) mass is 252 g/mol. The lowest BCUT2D eigenvalue weighted by Gasteiger charge is -2.28. The number of rotatable bonds is 5. The van der Waals surface area contributed by atoms with Crippen LogP contribution >= 0.6 is 0 Å². The molecule has 2 aliphatic heterocycles. The van der Waals surface area contributed by atoms with E-state index in [9.17, 15) is 9.59 Å². The second-order valence-electron chi connectivity index (χ2n) is 5.52. The summed E-state index contributed by atoms with van der Waals surface area (Å²) in [5, 5.41) is 3.40. The minimum atomic E-state index is 0.0135. The van der Waals surface area contributed by atoms with Gasteiger partial charge in [0.2, 0.25) is 11.8 Å². The first kappa shape index (κ1) is 12.1. The molecule has 0 bridgehead atoms. The highest BCUT2D eigenvalue weighted by Gasteiger charge is 2.59. The third kappa shape index (κ3) is 1.95. The van der Waals surface area contributed by atoms with Crippen LogP contribution in [-0.2, 0) is 14.3 Å². The fourth-order valence-electron chi connectivity index (χ4n) is 3.14. The normalized spacial score (nSPS) is 36.1. The van der Waals surface area contributed by atoms with E-state index in [1.54, 1.807) is 0 Å². The van der Waals surface area contributed by atoms with Gasteiger partial charge >= 0.3 is 0 Å². The quantitative estimate of drug-likeness (QED) is 0.700. The number of carbonyl (C=O) groups excluding carboxylic acids is 2. The summed E-state index contributed by atoms with van der Waals surface area (Å²) in [5.74, 6) is 0.542. The highest BCUT2D eigenvalue weighted by molar-refractivity contribution is 6.08. The van der Waals surface area contributed by atoms with Crippen molar-refractivity contribution in [2.75, 3.05) is 26.3 Å². The molecule has 1 N–H and O–H groups in total. The summed E-state index contributed by atoms with van der Waals surface area (Å²) < 4.78 is 5.40. The van der Waals surface area contributed by atoms with E-state index >= 15 is 0 Å². The minimum absolute atomic E-state index is 0.0135. The first-order chi connectivity index (χ1) is 8.72. The number of nitrogens with one attached hydrogen (secondary N) is 1. The van der Waals surface area contributed by atoms with Crippen LogP contribution in [0.25, 0.3) is 0 Å². The van der Waals surface area contributed by atoms with Gasteiger partial charge in [-0.2, -0.15) is 0 Å². The molecule has 0 spiro atoms. The van der Waals surface area contributed by atoms with E-state index in [1.165, 1.54) is 4.90 Å². The molecular weight excluding hydrogens is 232 g/mol. The van der Waals surface area contributed by atoms with Gasteiger partial charge in [-0.05, 0) is 19.4 Å². The van der Waals surface area contributed by atoms with Gasteiger partial charge in [0.05, 0.1) is 18.4 Å². The summed E-state index contributed by atoms with van der Waals surface area (Å²) >= 11 is 0. The fourth-order valence-corrected chi connectivity index (χ4v) is 3.14. The Labute approximate surface area is 107 Å². The van der Waals surface area contributed by atoms with Crippen LogP contribution in [0.1, 0.15) is 19.8 Å². The lowest BCUT2D eigenvalue weighted by atomic mass is 9.98. The highest BCUT2D eigenvalue weighted by Crippen LogP contribution is 2.47. The van der Waals surface area contributed by atoms with Crippen molar-refractivity contribution < 1.29 is 14.3 Å². The van der Waals surface area contributed by atoms with Crippen molar-refractivity contribution in [3.63, 3.8) is 0 Å². The van der Waals surface area contributed by atoms with Crippen LogP contribution < -0.4 is 5.32 Å². The molecule has 2 amide bonds. The average Bonchev–Trinajstić information content (AvgIpc) is 2.91. The van der Waals surface area contributed by atoms with E-state index in [-0.39, 0.29) is 29.7 Å². The Morgan fingerprint density at radius 3 is 2.67 bits per heavy atom. The van der Waals surface area contributed by atoms with Gasteiger partial charge in [-0.15, -0.1) is 0 Å². The second-order valence-corrected chi connectivity index (χ2v) is 5.52. The van der Waals surface area contributed by atoms with E-state index in [1.807, 2.05) is 6.92 Å². The maximum Gasteiger partial charge on any atom is 0.233 e. The zero-order valence-corrected chi connectivity index (χ0v) is 10.7. The first-order valence-electron chi connectivity index (χ1n) is 6.88. The Bertz CT molecular complexity index is 345. The molecule has 0 radical (unpaired) electrons. The maximum atomic E-state index is 12.0. The largest absolute Gasteiger partial charge is 0.381 e. The van der Waals surface area contributed by atoms with E-state index < -0.39 is 0 Å². The first-order valence-corrected chi connectivity index (χ1v) is 6.88. The molecule has 4 unspecified atom stereocenters. The molecule has 1 saturated carbocycles. The Kier molecular flexibility index (Phi) is 3.11. The molecule has 1 aliphatic carbocycles. The van der Waals surface area contributed by atoms with Crippen molar-refractivity contribution in [1.82, 2.24) is 10.2 Å². The van der Waals surface area contributed by atoms with Gasteiger partial charge in [0.1, 0.15) is 0 Å². The number of hydrogen-bond donors (Lipinski definition) is 1. The van der Waals surface area contributed by atoms with Crippen molar-refractivity contribution in [1.29, 1.82) is 0 Å². The number of piperidine rings is 1. The molecule has 0 aromatic rings.